The molecule has 0 spiro atoms. The number of carbonyl (C=O) groups excluding carboxylic acids is 2. The molecule has 0 aliphatic carbocycles. The Morgan fingerprint density at radius 2 is 1.95 bits per heavy atom. The molecule has 1 rings (SSSR count). The van der Waals surface area contributed by atoms with E-state index in [0.717, 1.165) is 0 Å². The third-order valence-electron chi connectivity index (χ3n) is 2.37. The number of benzene rings is 1. The molecule has 0 bridgehead atoms. The van der Waals surface area contributed by atoms with Gasteiger partial charge in [0.25, 0.3) is 0 Å². The summed E-state index contributed by atoms with van der Waals surface area (Å²) in [6.07, 6.45) is 0. The maximum absolute atomic E-state index is 12.1. The molecule has 0 aromatic heterocycles. The Bertz CT molecular complexity index is 553. The monoisotopic (exact) mass is 346 g/mol. The molecule has 0 amide bonds. The van der Waals surface area contributed by atoms with Crippen molar-refractivity contribution in [3.63, 3.8) is 0 Å². The summed E-state index contributed by atoms with van der Waals surface area (Å²) in [5.41, 5.74) is -0.355. The molecule has 0 aliphatic rings. The molecular formula is C15H19ClO5S. The SMILES string of the molecule is CCOC(=O)C[S+]([O-])c1ccc(C(=O)OC(C)(C)C)cc1Cl. The van der Waals surface area contributed by atoms with Crippen LogP contribution in [0.25, 0.3) is 0 Å². The maximum atomic E-state index is 12.1. The zero-order valence-corrected chi connectivity index (χ0v) is 14.5. The number of ether oxygens (including phenoxy) is 2. The van der Waals surface area contributed by atoms with Crippen molar-refractivity contribution >= 4 is 34.7 Å². The molecule has 1 aromatic carbocycles. The summed E-state index contributed by atoms with van der Waals surface area (Å²) in [7, 11) is 0. The second kappa shape index (κ2) is 7.85. The Hall–Kier alpha value is -1.24. The van der Waals surface area contributed by atoms with E-state index in [1.54, 1.807) is 27.7 Å². The van der Waals surface area contributed by atoms with Gasteiger partial charge in [0.2, 0.25) is 5.75 Å². The van der Waals surface area contributed by atoms with Gasteiger partial charge in [0.15, 0.2) is 4.90 Å². The summed E-state index contributed by atoms with van der Waals surface area (Å²) in [6.45, 7) is 7.17. The Morgan fingerprint density at radius 1 is 1.32 bits per heavy atom. The molecule has 1 aromatic rings. The Morgan fingerprint density at radius 3 is 2.45 bits per heavy atom. The zero-order chi connectivity index (χ0) is 16.9. The first kappa shape index (κ1) is 18.8. The Labute approximate surface area is 138 Å². The number of rotatable bonds is 5. The highest BCUT2D eigenvalue weighted by atomic mass is 35.5. The fourth-order valence-corrected chi connectivity index (χ4v) is 2.92. The van der Waals surface area contributed by atoms with Gasteiger partial charge in [-0.2, -0.15) is 0 Å². The lowest BCUT2D eigenvalue weighted by atomic mass is 10.1. The third-order valence-corrected chi connectivity index (χ3v) is 4.14. The third kappa shape index (κ3) is 5.87. The van der Waals surface area contributed by atoms with Gasteiger partial charge in [0.1, 0.15) is 5.60 Å². The minimum atomic E-state index is -1.63. The molecule has 0 saturated carbocycles. The van der Waals surface area contributed by atoms with Crippen molar-refractivity contribution in [3.8, 4) is 0 Å². The van der Waals surface area contributed by atoms with Crippen molar-refractivity contribution in [2.24, 2.45) is 0 Å². The lowest BCUT2D eigenvalue weighted by Crippen LogP contribution is -2.24. The largest absolute Gasteiger partial charge is 0.611 e. The van der Waals surface area contributed by atoms with Crippen LogP contribution in [-0.2, 0) is 25.4 Å². The van der Waals surface area contributed by atoms with Crippen molar-refractivity contribution in [3.05, 3.63) is 28.8 Å². The maximum Gasteiger partial charge on any atom is 0.356 e. The van der Waals surface area contributed by atoms with Gasteiger partial charge in [-0.3, -0.25) is 0 Å². The number of carbonyl (C=O) groups is 2. The Balaban J connectivity index is 2.85. The summed E-state index contributed by atoms with van der Waals surface area (Å²) in [5.74, 6) is -1.36. The van der Waals surface area contributed by atoms with E-state index in [4.69, 9.17) is 21.1 Å². The van der Waals surface area contributed by atoms with Crippen LogP contribution in [0.1, 0.15) is 38.1 Å². The van der Waals surface area contributed by atoms with E-state index in [9.17, 15) is 14.1 Å². The lowest BCUT2D eigenvalue weighted by molar-refractivity contribution is -0.139. The van der Waals surface area contributed by atoms with Crippen LogP contribution in [0.2, 0.25) is 5.02 Å². The molecule has 1 atom stereocenters. The van der Waals surface area contributed by atoms with Gasteiger partial charge in [0, 0.05) is 0 Å². The second-order valence-corrected chi connectivity index (χ2v) is 7.27. The van der Waals surface area contributed by atoms with Crippen molar-refractivity contribution in [2.45, 2.75) is 38.2 Å². The highest BCUT2D eigenvalue weighted by Gasteiger charge is 2.23. The molecule has 1 unspecified atom stereocenters. The molecule has 0 radical (unpaired) electrons. The number of hydrogen-bond donors (Lipinski definition) is 0. The quantitative estimate of drug-likeness (QED) is 0.605. The molecule has 5 nitrogen and oxygen atoms in total. The van der Waals surface area contributed by atoms with Gasteiger partial charge in [-0.25, -0.2) is 9.59 Å². The molecule has 0 saturated heterocycles. The molecule has 7 heteroatoms. The van der Waals surface area contributed by atoms with Crippen LogP contribution in [0.4, 0.5) is 0 Å². The highest BCUT2D eigenvalue weighted by Crippen LogP contribution is 2.25. The van der Waals surface area contributed by atoms with Crippen molar-refractivity contribution < 1.29 is 23.6 Å². The minimum absolute atomic E-state index is 0.144. The fourth-order valence-electron chi connectivity index (χ4n) is 1.54. The van der Waals surface area contributed by atoms with Crippen molar-refractivity contribution in [2.75, 3.05) is 12.4 Å². The van der Waals surface area contributed by atoms with Crippen LogP contribution in [0, 0.1) is 0 Å². The molecule has 0 N–H and O–H groups in total. The summed E-state index contributed by atoms with van der Waals surface area (Å²) in [4.78, 5) is 23.5. The molecule has 122 valence electrons. The average Bonchev–Trinajstić information content (AvgIpc) is 2.36. The first-order valence-corrected chi connectivity index (χ1v) is 8.40. The van der Waals surface area contributed by atoms with Crippen LogP contribution >= 0.6 is 11.6 Å². The van der Waals surface area contributed by atoms with Gasteiger partial charge >= 0.3 is 11.9 Å². The van der Waals surface area contributed by atoms with Crippen molar-refractivity contribution in [1.29, 1.82) is 0 Å². The number of halogens is 1. The van der Waals surface area contributed by atoms with E-state index in [2.05, 4.69) is 0 Å². The molecule has 0 heterocycles. The first-order chi connectivity index (χ1) is 10.1. The van der Waals surface area contributed by atoms with E-state index in [1.165, 1.54) is 18.2 Å². The summed E-state index contributed by atoms with van der Waals surface area (Å²) in [5, 5.41) is 0.144. The summed E-state index contributed by atoms with van der Waals surface area (Å²) in [6, 6.07) is 4.31. The standard InChI is InChI=1S/C15H19ClO5S/c1-5-20-13(17)9-22(19)12-7-6-10(8-11(12)16)14(18)21-15(2,3)4/h6-8H,5,9H2,1-4H3. The summed E-state index contributed by atoms with van der Waals surface area (Å²) < 4.78 is 22.0. The van der Waals surface area contributed by atoms with Gasteiger partial charge in [-0.1, -0.05) is 11.6 Å². The molecule has 0 aliphatic heterocycles. The first-order valence-electron chi connectivity index (χ1n) is 6.71. The van der Waals surface area contributed by atoms with Crippen molar-refractivity contribution in [1.82, 2.24) is 0 Å². The summed E-state index contributed by atoms with van der Waals surface area (Å²) >= 11 is 4.42. The van der Waals surface area contributed by atoms with Crippen LogP contribution in [0.3, 0.4) is 0 Å². The van der Waals surface area contributed by atoms with Crippen LogP contribution in [-0.4, -0.2) is 34.5 Å². The lowest BCUT2D eigenvalue weighted by Gasteiger charge is -2.19. The smallest absolute Gasteiger partial charge is 0.356 e. The number of hydrogen-bond acceptors (Lipinski definition) is 5. The van der Waals surface area contributed by atoms with Crippen LogP contribution in [0.5, 0.6) is 0 Å². The van der Waals surface area contributed by atoms with Gasteiger partial charge < -0.3 is 14.0 Å². The van der Waals surface area contributed by atoms with Crippen LogP contribution < -0.4 is 0 Å². The number of esters is 2. The average molecular weight is 347 g/mol. The van der Waals surface area contributed by atoms with E-state index in [1.807, 2.05) is 0 Å². The highest BCUT2D eigenvalue weighted by molar-refractivity contribution is 7.92. The van der Waals surface area contributed by atoms with E-state index < -0.39 is 28.7 Å². The van der Waals surface area contributed by atoms with Gasteiger partial charge in [-0.05, 0) is 57.1 Å². The molecule has 22 heavy (non-hydrogen) atoms. The molecular weight excluding hydrogens is 328 g/mol. The van der Waals surface area contributed by atoms with Crippen LogP contribution in [0.15, 0.2) is 23.1 Å². The zero-order valence-electron chi connectivity index (χ0n) is 13.0. The van der Waals surface area contributed by atoms with Gasteiger partial charge in [0.05, 0.1) is 17.2 Å². The normalized spacial score (nSPS) is 12.6. The predicted molar refractivity (Wildman–Crippen MR) is 84.5 cm³/mol. The predicted octanol–water partition coefficient (Wildman–Crippen LogP) is 2.97. The Kier molecular flexibility index (Phi) is 6.71. The van der Waals surface area contributed by atoms with E-state index in [0.29, 0.717) is 0 Å². The minimum Gasteiger partial charge on any atom is -0.611 e. The second-order valence-electron chi connectivity index (χ2n) is 5.44. The van der Waals surface area contributed by atoms with E-state index >= 15 is 0 Å². The van der Waals surface area contributed by atoms with Gasteiger partial charge in [-0.15, -0.1) is 0 Å². The van der Waals surface area contributed by atoms with E-state index in [-0.39, 0.29) is 27.8 Å². The topological polar surface area (TPSA) is 75.7 Å². The molecule has 0 fully saturated rings. The fraction of sp³-hybridized carbons (Fsp3) is 0.467.